The molecule has 2 atom stereocenters. The quantitative estimate of drug-likeness (QED) is 0.867. The second-order valence-corrected chi connectivity index (χ2v) is 6.27. The van der Waals surface area contributed by atoms with E-state index < -0.39 is 17.1 Å². The van der Waals surface area contributed by atoms with Crippen LogP contribution in [0.15, 0.2) is 59.6 Å². The van der Waals surface area contributed by atoms with Crippen LogP contribution in [0, 0.1) is 6.92 Å². The lowest BCUT2D eigenvalue weighted by atomic mass is 9.72. The van der Waals surface area contributed by atoms with Gasteiger partial charge in [-0.05, 0) is 18.1 Å². The highest BCUT2D eigenvalue weighted by atomic mass is 16.6. The summed E-state index contributed by atoms with van der Waals surface area (Å²) >= 11 is 0. The van der Waals surface area contributed by atoms with E-state index in [2.05, 4.69) is 4.99 Å². The van der Waals surface area contributed by atoms with Crippen molar-refractivity contribution in [3.63, 3.8) is 0 Å². The van der Waals surface area contributed by atoms with Gasteiger partial charge in [0.25, 0.3) is 0 Å². The molecule has 4 rings (SSSR count). The molecular weight excluding hydrogens is 290 g/mol. The van der Waals surface area contributed by atoms with E-state index in [0.717, 1.165) is 22.4 Å². The molecule has 23 heavy (non-hydrogen) atoms. The Morgan fingerprint density at radius 2 is 1.78 bits per heavy atom. The fourth-order valence-corrected chi connectivity index (χ4v) is 3.52. The molecule has 4 heteroatoms. The predicted molar refractivity (Wildman–Crippen MR) is 86.4 cm³/mol. The first kappa shape index (κ1) is 14.2. The van der Waals surface area contributed by atoms with Gasteiger partial charge in [0.15, 0.2) is 5.41 Å². The van der Waals surface area contributed by atoms with E-state index in [4.69, 9.17) is 4.74 Å². The molecule has 0 amide bonds. The average Bonchev–Trinajstić information content (AvgIpc) is 3.01. The van der Waals surface area contributed by atoms with Crippen LogP contribution >= 0.6 is 0 Å². The molecule has 2 aliphatic rings. The number of nitrogens with zero attached hydrogens (tertiary/aromatic N) is 1. The standard InChI is InChI=1S/C19H17NO3/c1-13-7-9-14(10-8-13)16-11-18(15-5-3-2-4-6-15)17(21)23-12-19(18,22)20-16/h2-10,22H,11-12H2,1H3/t18-,19+/m1/s1. The molecule has 2 aromatic rings. The minimum atomic E-state index is -1.54. The molecule has 0 saturated carbocycles. The summed E-state index contributed by atoms with van der Waals surface area (Å²) in [6.07, 6.45) is 0.343. The number of aliphatic hydroxyl groups is 1. The van der Waals surface area contributed by atoms with Crippen LogP contribution in [0.2, 0.25) is 0 Å². The largest absolute Gasteiger partial charge is 0.460 e. The minimum absolute atomic E-state index is 0.101. The Morgan fingerprint density at radius 1 is 1.09 bits per heavy atom. The molecule has 2 heterocycles. The van der Waals surface area contributed by atoms with E-state index in [9.17, 15) is 9.90 Å². The zero-order valence-electron chi connectivity index (χ0n) is 12.8. The molecule has 0 radical (unpaired) electrons. The number of rotatable bonds is 2. The Labute approximate surface area is 134 Å². The van der Waals surface area contributed by atoms with Gasteiger partial charge in [-0.3, -0.25) is 4.79 Å². The summed E-state index contributed by atoms with van der Waals surface area (Å²) < 4.78 is 5.19. The number of aliphatic imine (C=N–C) groups is 1. The van der Waals surface area contributed by atoms with Gasteiger partial charge in [-0.1, -0.05) is 60.2 Å². The van der Waals surface area contributed by atoms with Gasteiger partial charge in [0.05, 0.1) is 0 Å². The number of fused-ring (bicyclic) bond motifs is 1. The van der Waals surface area contributed by atoms with Crippen molar-refractivity contribution in [1.82, 2.24) is 0 Å². The van der Waals surface area contributed by atoms with Crippen molar-refractivity contribution in [3.05, 3.63) is 71.3 Å². The monoisotopic (exact) mass is 307 g/mol. The Hall–Kier alpha value is -2.46. The van der Waals surface area contributed by atoms with Gasteiger partial charge in [0.1, 0.15) is 6.61 Å². The van der Waals surface area contributed by atoms with Gasteiger partial charge in [-0.2, -0.15) is 0 Å². The van der Waals surface area contributed by atoms with Crippen LogP contribution in [-0.4, -0.2) is 29.1 Å². The molecule has 0 aromatic heterocycles. The Kier molecular flexibility index (Phi) is 2.93. The minimum Gasteiger partial charge on any atom is -0.460 e. The van der Waals surface area contributed by atoms with Crippen molar-refractivity contribution in [2.75, 3.05) is 6.61 Å². The molecule has 1 N–H and O–H groups in total. The number of cyclic esters (lactones) is 1. The van der Waals surface area contributed by atoms with Gasteiger partial charge in [-0.15, -0.1) is 0 Å². The van der Waals surface area contributed by atoms with Crippen LogP contribution in [0.4, 0.5) is 0 Å². The molecule has 2 aliphatic heterocycles. The Balaban J connectivity index is 1.84. The van der Waals surface area contributed by atoms with Crippen molar-refractivity contribution in [2.45, 2.75) is 24.5 Å². The molecular formula is C19H17NO3. The summed E-state index contributed by atoms with van der Waals surface area (Å²) in [6, 6.07) is 17.3. The van der Waals surface area contributed by atoms with E-state index in [0.29, 0.717) is 6.42 Å². The number of hydrogen-bond acceptors (Lipinski definition) is 4. The molecule has 116 valence electrons. The molecule has 1 saturated heterocycles. The lowest BCUT2D eigenvalue weighted by Crippen LogP contribution is -2.48. The molecule has 2 aromatic carbocycles. The highest BCUT2D eigenvalue weighted by Crippen LogP contribution is 2.50. The van der Waals surface area contributed by atoms with E-state index in [1.165, 1.54) is 0 Å². The summed E-state index contributed by atoms with van der Waals surface area (Å²) in [5.74, 6) is -0.405. The van der Waals surface area contributed by atoms with Crippen LogP contribution in [-0.2, 0) is 14.9 Å². The van der Waals surface area contributed by atoms with E-state index in [-0.39, 0.29) is 6.61 Å². The molecule has 1 fully saturated rings. The third-order valence-electron chi connectivity index (χ3n) is 4.84. The number of benzene rings is 2. The number of carbonyl (C=O) groups excluding carboxylic acids is 1. The smallest absolute Gasteiger partial charge is 0.322 e. The van der Waals surface area contributed by atoms with Crippen LogP contribution in [0.25, 0.3) is 0 Å². The first-order valence-corrected chi connectivity index (χ1v) is 7.66. The fraction of sp³-hybridized carbons (Fsp3) is 0.263. The highest BCUT2D eigenvalue weighted by Gasteiger charge is 2.67. The summed E-state index contributed by atoms with van der Waals surface area (Å²) in [6.45, 7) is 1.92. The Morgan fingerprint density at radius 3 is 2.48 bits per heavy atom. The van der Waals surface area contributed by atoms with Crippen LogP contribution in [0.5, 0.6) is 0 Å². The van der Waals surface area contributed by atoms with Crippen molar-refractivity contribution in [3.8, 4) is 0 Å². The second-order valence-electron chi connectivity index (χ2n) is 6.27. The topological polar surface area (TPSA) is 58.9 Å². The number of ether oxygens (including phenoxy) is 1. The maximum atomic E-state index is 12.6. The maximum Gasteiger partial charge on any atom is 0.322 e. The molecule has 4 nitrogen and oxygen atoms in total. The summed E-state index contributed by atoms with van der Waals surface area (Å²) in [4.78, 5) is 17.1. The van der Waals surface area contributed by atoms with Crippen molar-refractivity contribution < 1.29 is 14.6 Å². The van der Waals surface area contributed by atoms with Gasteiger partial charge >= 0.3 is 5.97 Å². The van der Waals surface area contributed by atoms with Gasteiger partial charge in [0.2, 0.25) is 5.72 Å². The molecule has 0 aliphatic carbocycles. The molecule has 0 unspecified atom stereocenters. The number of hydrogen-bond donors (Lipinski definition) is 1. The molecule has 0 bridgehead atoms. The maximum absolute atomic E-state index is 12.6. The van der Waals surface area contributed by atoms with Crippen LogP contribution in [0.1, 0.15) is 23.1 Å². The summed E-state index contributed by atoms with van der Waals surface area (Å²) in [5.41, 5.74) is 0.897. The van der Waals surface area contributed by atoms with E-state index in [1.807, 2.05) is 61.5 Å². The van der Waals surface area contributed by atoms with Gasteiger partial charge in [-0.25, -0.2) is 4.99 Å². The third-order valence-corrected chi connectivity index (χ3v) is 4.84. The number of carbonyl (C=O) groups is 1. The average molecular weight is 307 g/mol. The zero-order valence-corrected chi connectivity index (χ0v) is 12.8. The lowest BCUT2D eigenvalue weighted by molar-refractivity contribution is -0.142. The predicted octanol–water partition coefficient (Wildman–Crippen LogP) is 2.37. The molecule has 0 spiro atoms. The van der Waals surface area contributed by atoms with Crippen molar-refractivity contribution >= 4 is 11.7 Å². The number of aryl methyl sites for hydroxylation is 1. The van der Waals surface area contributed by atoms with E-state index in [1.54, 1.807) is 0 Å². The normalized spacial score (nSPS) is 29.1. The lowest BCUT2D eigenvalue weighted by Gasteiger charge is -2.29. The third kappa shape index (κ3) is 1.88. The number of esters is 1. The summed E-state index contributed by atoms with van der Waals surface area (Å²) in [7, 11) is 0. The van der Waals surface area contributed by atoms with E-state index >= 15 is 0 Å². The van der Waals surface area contributed by atoms with Gasteiger partial charge < -0.3 is 9.84 Å². The summed E-state index contributed by atoms with van der Waals surface area (Å²) in [5, 5.41) is 11.1. The zero-order chi connectivity index (χ0) is 16.1. The van der Waals surface area contributed by atoms with Gasteiger partial charge in [0, 0.05) is 12.1 Å². The highest BCUT2D eigenvalue weighted by molar-refractivity contribution is 6.08. The first-order chi connectivity index (χ1) is 11.1. The Bertz CT molecular complexity index is 797. The fourth-order valence-electron chi connectivity index (χ4n) is 3.52. The van der Waals surface area contributed by atoms with Crippen molar-refractivity contribution in [1.29, 1.82) is 0 Å². The SMILES string of the molecule is Cc1ccc(C2=N[C@]3(O)COC(=O)[C@]3(c3ccccc3)C2)cc1. The first-order valence-electron chi connectivity index (χ1n) is 7.66. The second kappa shape index (κ2) is 4.77. The van der Waals surface area contributed by atoms with Crippen LogP contribution in [0.3, 0.4) is 0 Å². The van der Waals surface area contributed by atoms with Crippen molar-refractivity contribution in [2.24, 2.45) is 4.99 Å². The van der Waals surface area contributed by atoms with Crippen LogP contribution < -0.4 is 0 Å².